The molecule has 1 aliphatic heterocycles. The van der Waals surface area contributed by atoms with E-state index < -0.39 is 0 Å². The highest BCUT2D eigenvalue weighted by Gasteiger charge is 2.31. The third-order valence-corrected chi connectivity index (χ3v) is 3.94. The Labute approximate surface area is 126 Å². The normalized spacial score (nSPS) is 26.1. The summed E-state index contributed by atoms with van der Waals surface area (Å²) in [7, 11) is 3.27. The molecule has 5 nitrogen and oxygen atoms in total. The molecule has 0 aromatic carbocycles. The van der Waals surface area contributed by atoms with Crippen LogP contribution in [-0.2, 0) is 14.3 Å². The Kier molecular flexibility index (Phi) is 5.15. The molecule has 2 rings (SSSR count). The van der Waals surface area contributed by atoms with Crippen molar-refractivity contribution < 1.29 is 14.3 Å². The highest BCUT2D eigenvalue weighted by Crippen LogP contribution is 2.25. The van der Waals surface area contributed by atoms with Gasteiger partial charge in [0, 0.05) is 12.8 Å². The Morgan fingerprint density at radius 1 is 1.19 bits per heavy atom. The molecule has 0 saturated carbocycles. The highest BCUT2D eigenvalue weighted by molar-refractivity contribution is 5.94. The van der Waals surface area contributed by atoms with E-state index in [4.69, 9.17) is 9.47 Å². The van der Waals surface area contributed by atoms with Crippen molar-refractivity contribution in [3.05, 3.63) is 11.6 Å². The van der Waals surface area contributed by atoms with Gasteiger partial charge in [-0.25, -0.2) is 9.98 Å². The van der Waals surface area contributed by atoms with Crippen LogP contribution in [-0.4, -0.2) is 43.9 Å². The highest BCUT2D eigenvalue weighted by atomic mass is 16.5. The minimum absolute atomic E-state index is 0.0805. The van der Waals surface area contributed by atoms with E-state index in [0.717, 1.165) is 12.8 Å². The molecule has 5 heteroatoms. The maximum atomic E-state index is 11.3. The van der Waals surface area contributed by atoms with Crippen LogP contribution in [0.15, 0.2) is 21.6 Å². The Hall–Kier alpha value is -1.65. The average molecular weight is 292 g/mol. The molecule has 1 aliphatic carbocycles. The van der Waals surface area contributed by atoms with Crippen molar-refractivity contribution >= 4 is 17.6 Å². The number of carbonyl (C=O) groups is 1. The SMILES string of the molecule is COC1=N[C@H](C(C)C)C(OC)=N[C@H]1CC1=CCC(=O)CC1. The summed E-state index contributed by atoms with van der Waals surface area (Å²) in [4.78, 5) is 20.6. The minimum atomic E-state index is -0.139. The predicted octanol–water partition coefficient (Wildman–Crippen LogP) is 2.55. The number of allylic oxidation sites excluding steroid dienone is 1. The third-order valence-electron chi connectivity index (χ3n) is 3.94. The molecule has 0 amide bonds. The number of ketones is 1. The van der Waals surface area contributed by atoms with Crippen molar-refractivity contribution in [2.75, 3.05) is 14.2 Å². The number of aliphatic imine (C=N–C) groups is 2. The number of hydrogen-bond donors (Lipinski definition) is 0. The zero-order chi connectivity index (χ0) is 15.4. The van der Waals surface area contributed by atoms with Crippen LogP contribution in [0.5, 0.6) is 0 Å². The molecular weight excluding hydrogens is 268 g/mol. The van der Waals surface area contributed by atoms with Gasteiger partial charge in [-0.1, -0.05) is 25.5 Å². The third kappa shape index (κ3) is 3.71. The molecule has 0 fully saturated rings. The lowest BCUT2D eigenvalue weighted by atomic mass is 9.93. The summed E-state index contributed by atoms with van der Waals surface area (Å²) in [6, 6.07) is -0.220. The topological polar surface area (TPSA) is 60.2 Å². The molecule has 2 aliphatic rings. The van der Waals surface area contributed by atoms with Crippen molar-refractivity contribution in [3.63, 3.8) is 0 Å². The first kappa shape index (κ1) is 15.7. The zero-order valence-corrected chi connectivity index (χ0v) is 13.3. The van der Waals surface area contributed by atoms with E-state index in [1.165, 1.54) is 5.57 Å². The van der Waals surface area contributed by atoms with Crippen LogP contribution >= 0.6 is 0 Å². The molecule has 0 unspecified atom stereocenters. The number of Topliss-reactive ketones (excluding diaryl/α,β-unsaturated/α-hetero) is 1. The number of methoxy groups -OCH3 is 2. The molecule has 0 radical (unpaired) electrons. The van der Waals surface area contributed by atoms with Gasteiger partial charge >= 0.3 is 0 Å². The van der Waals surface area contributed by atoms with E-state index in [9.17, 15) is 4.79 Å². The van der Waals surface area contributed by atoms with Gasteiger partial charge in [0.2, 0.25) is 11.8 Å². The van der Waals surface area contributed by atoms with Gasteiger partial charge in [0.05, 0.1) is 14.2 Å². The molecular formula is C16H24N2O3. The summed E-state index contributed by atoms with van der Waals surface area (Å²) < 4.78 is 10.8. The minimum Gasteiger partial charge on any atom is -0.483 e. The lowest BCUT2D eigenvalue weighted by Gasteiger charge is -2.27. The Morgan fingerprint density at radius 3 is 2.43 bits per heavy atom. The standard InChI is InChI=1S/C16H24N2O3/c1-10(2)14-16(21-4)17-13(15(18-14)20-3)9-11-5-7-12(19)8-6-11/h5,10,13-14H,6-9H2,1-4H3/t13-,14+/m0/s1. The van der Waals surface area contributed by atoms with Crippen LogP contribution in [0.4, 0.5) is 0 Å². The molecule has 116 valence electrons. The maximum Gasteiger partial charge on any atom is 0.209 e. The summed E-state index contributed by atoms with van der Waals surface area (Å²) in [5, 5.41) is 0. The molecule has 0 N–H and O–H groups in total. The van der Waals surface area contributed by atoms with E-state index in [1.807, 2.05) is 6.08 Å². The molecule has 21 heavy (non-hydrogen) atoms. The van der Waals surface area contributed by atoms with Gasteiger partial charge in [-0.05, 0) is 18.8 Å². The van der Waals surface area contributed by atoms with Gasteiger partial charge in [-0.2, -0.15) is 0 Å². The summed E-state index contributed by atoms with van der Waals surface area (Å²) in [6.45, 7) is 4.18. The van der Waals surface area contributed by atoms with Crippen LogP contribution in [0, 0.1) is 5.92 Å². The van der Waals surface area contributed by atoms with Crippen LogP contribution in [0.1, 0.15) is 39.5 Å². The molecule has 1 heterocycles. The van der Waals surface area contributed by atoms with Gasteiger partial charge < -0.3 is 9.47 Å². The molecule has 0 saturated heterocycles. The first-order valence-electron chi connectivity index (χ1n) is 7.48. The predicted molar refractivity (Wildman–Crippen MR) is 82.9 cm³/mol. The van der Waals surface area contributed by atoms with E-state index in [1.54, 1.807) is 14.2 Å². The van der Waals surface area contributed by atoms with E-state index in [-0.39, 0.29) is 12.1 Å². The smallest absolute Gasteiger partial charge is 0.209 e. The second kappa shape index (κ2) is 6.87. The van der Waals surface area contributed by atoms with Gasteiger partial charge in [0.15, 0.2) is 0 Å². The van der Waals surface area contributed by atoms with Crippen LogP contribution in [0.3, 0.4) is 0 Å². The van der Waals surface area contributed by atoms with Crippen LogP contribution < -0.4 is 0 Å². The molecule has 0 aromatic heterocycles. The van der Waals surface area contributed by atoms with Crippen molar-refractivity contribution in [2.45, 2.75) is 51.6 Å². The number of ether oxygens (including phenoxy) is 2. The second-order valence-electron chi connectivity index (χ2n) is 5.86. The van der Waals surface area contributed by atoms with E-state index in [2.05, 4.69) is 23.8 Å². The van der Waals surface area contributed by atoms with Crippen molar-refractivity contribution in [1.29, 1.82) is 0 Å². The molecule has 2 atom stereocenters. The van der Waals surface area contributed by atoms with Crippen molar-refractivity contribution in [1.82, 2.24) is 0 Å². The lowest BCUT2D eigenvalue weighted by molar-refractivity contribution is -0.118. The van der Waals surface area contributed by atoms with Crippen molar-refractivity contribution in [2.24, 2.45) is 15.9 Å². The quantitative estimate of drug-likeness (QED) is 0.751. The molecule has 0 aromatic rings. The Morgan fingerprint density at radius 2 is 1.90 bits per heavy atom. The summed E-state index contributed by atoms with van der Waals surface area (Å²) in [6.07, 6.45) is 4.76. The fraction of sp³-hybridized carbons (Fsp3) is 0.688. The van der Waals surface area contributed by atoms with E-state index in [0.29, 0.717) is 36.3 Å². The summed E-state index contributed by atoms with van der Waals surface area (Å²) in [5.41, 5.74) is 1.26. The zero-order valence-electron chi connectivity index (χ0n) is 13.3. The second-order valence-corrected chi connectivity index (χ2v) is 5.86. The Bertz CT molecular complexity index is 492. The summed E-state index contributed by atoms with van der Waals surface area (Å²) >= 11 is 0. The monoisotopic (exact) mass is 292 g/mol. The lowest BCUT2D eigenvalue weighted by Crippen LogP contribution is -2.37. The fourth-order valence-electron chi connectivity index (χ4n) is 2.69. The van der Waals surface area contributed by atoms with Crippen LogP contribution in [0.25, 0.3) is 0 Å². The van der Waals surface area contributed by atoms with Crippen molar-refractivity contribution in [3.8, 4) is 0 Å². The fourth-order valence-corrected chi connectivity index (χ4v) is 2.69. The first-order chi connectivity index (χ1) is 10.0. The summed E-state index contributed by atoms with van der Waals surface area (Å²) in [5.74, 6) is 1.95. The largest absolute Gasteiger partial charge is 0.483 e. The number of carbonyl (C=O) groups excluding carboxylic acids is 1. The number of hydrogen-bond acceptors (Lipinski definition) is 5. The first-order valence-corrected chi connectivity index (χ1v) is 7.48. The molecule has 0 bridgehead atoms. The Balaban J connectivity index is 2.16. The van der Waals surface area contributed by atoms with Crippen LogP contribution in [0.2, 0.25) is 0 Å². The van der Waals surface area contributed by atoms with Gasteiger partial charge in [-0.3, -0.25) is 4.79 Å². The van der Waals surface area contributed by atoms with Gasteiger partial charge in [0.1, 0.15) is 17.9 Å². The van der Waals surface area contributed by atoms with E-state index >= 15 is 0 Å². The van der Waals surface area contributed by atoms with Gasteiger partial charge in [0.25, 0.3) is 0 Å². The number of rotatable bonds is 3. The maximum absolute atomic E-state index is 11.3. The molecule has 0 spiro atoms. The van der Waals surface area contributed by atoms with Gasteiger partial charge in [-0.15, -0.1) is 0 Å². The number of nitrogens with zero attached hydrogens (tertiary/aromatic N) is 2. The average Bonchev–Trinajstić information content (AvgIpc) is 2.48.